The predicted molar refractivity (Wildman–Crippen MR) is 278 cm³/mol. The van der Waals surface area contributed by atoms with E-state index >= 15 is 0 Å². The van der Waals surface area contributed by atoms with E-state index in [2.05, 4.69) is 146 Å². The molecule has 64 heavy (non-hydrogen) atoms. The standard InChI is InChI=1S/C55H92O7P2/c1-45(2)23-13-24-46(3)25-14-26-47(4)27-15-28-48(5)29-16-30-49(6)31-17-32-50(7)33-18-34-51(8)35-19-36-52(9)37-20-38-53(10)39-21-40-54(11)41-22-42-55(12)43-44-61-64(59,60)62-63(56,57)58/h23,25,27,29,31,33,35,37,39,41,43H,13-22,24,26,28,30,32,34,36,38,40,42,44H2,1-12H3,(H,59,60)(H2,56,57,58)/b46-25+,47-27-,48-29-,49-31-,50-33-,51-35-,52-37-,53-39-,54-41-,55-43-. The van der Waals surface area contributed by atoms with Gasteiger partial charge >= 0.3 is 15.6 Å². The van der Waals surface area contributed by atoms with Gasteiger partial charge in [0, 0.05) is 0 Å². The zero-order chi connectivity index (χ0) is 48.4. The summed E-state index contributed by atoms with van der Waals surface area (Å²) in [6, 6.07) is 0. The summed E-state index contributed by atoms with van der Waals surface area (Å²) in [5.41, 5.74) is 15.6. The van der Waals surface area contributed by atoms with Gasteiger partial charge in [0.25, 0.3) is 0 Å². The van der Waals surface area contributed by atoms with Crippen LogP contribution in [0.1, 0.15) is 212 Å². The van der Waals surface area contributed by atoms with Crippen molar-refractivity contribution in [1.82, 2.24) is 0 Å². The Morgan fingerprint density at radius 1 is 0.328 bits per heavy atom. The van der Waals surface area contributed by atoms with E-state index in [-0.39, 0.29) is 6.61 Å². The molecule has 0 aliphatic carbocycles. The largest absolute Gasteiger partial charge is 0.481 e. The van der Waals surface area contributed by atoms with Crippen molar-refractivity contribution >= 4 is 15.6 Å². The monoisotopic (exact) mass is 927 g/mol. The molecule has 1 atom stereocenters. The van der Waals surface area contributed by atoms with Gasteiger partial charge in [-0.1, -0.05) is 128 Å². The van der Waals surface area contributed by atoms with Gasteiger partial charge in [-0.2, -0.15) is 4.31 Å². The fraction of sp³-hybridized carbons (Fsp3) is 0.600. The van der Waals surface area contributed by atoms with Crippen molar-refractivity contribution in [2.45, 2.75) is 212 Å². The van der Waals surface area contributed by atoms with Crippen LogP contribution in [0.25, 0.3) is 0 Å². The molecule has 9 heteroatoms. The lowest BCUT2D eigenvalue weighted by Crippen LogP contribution is -1.94. The van der Waals surface area contributed by atoms with Crippen LogP contribution < -0.4 is 0 Å². The number of allylic oxidation sites excluding steroid dienone is 21. The summed E-state index contributed by atoms with van der Waals surface area (Å²) in [4.78, 5) is 26.7. The van der Waals surface area contributed by atoms with Crippen molar-refractivity contribution in [2.75, 3.05) is 6.61 Å². The molecule has 0 aliphatic rings. The minimum atomic E-state index is -5.11. The van der Waals surface area contributed by atoms with Gasteiger partial charge in [-0.05, 0) is 212 Å². The summed E-state index contributed by atoms with van der Waals surface area (Å²) in [7, 11) is -9.92. The second-order valence-corrected chi connectivity index (χ2v) is 21.3. The van der Waals surface area contributed by atoms with Gasteiger partial charge in [-0.15, -0.1) is 0 Å². The summed E-state index contributed by atoms with van der Waals surface area (Å²) in [6.07, 6.45) is 47.2. The Morgan fingerprint density at radius 2 is 0.516 bits per heavy atom. The number of hydrogen-bond donors (Lipinski definition) is 3. The Morgan fingerprint density at radius 3 is 0.703 bits per heavy atom. The van der Waals surface area contributed by atoms with Crippen molar-refractivity contribution in [2.24, 2.45) is 0 Å². The van der Waals surface area contributed by atoms with Crippen molar-refractivity contribution in [1.29, 1.82) is 0 Å². The Balaban J connectivity index is 4.31. The van der Waals surface area contributed by atoms with E-state index in [1.807, 2.05) is 6.92 Å². The van der Waals surface area contributed by atoms with Gasteiger partial charge in [0.05, 0.1) is 6.61 Å². The quantitative estimate of drug-likeness (QED) is 0.0428. The van der Waals surface area contributed by atoms with Gasteiger partial charge in [-0.3, -0.25) is 4.52 Å². The van der Waals surface area contributed by atoms with Crippen LogP contribution in [0, 0.1) is 0 Å². The predicted octanol–water partition coefficient (Wildman–Crippen LogP) is 18.4. The molecule has 0 rings (SSSR count). The average molecular weight is 927 g/mol. The number of phosphoric acid groups is 2. The SMILES string of the molecule is CC(C)=CCC/C(C)=C/CC/C(C)=C\CC/C(C)=C\CC/C(C)=C\CC/C(C)=C\CC/C(C)=C\CC/C(C)=C\CC/C(C)=C\CC/C(C)=C\CC/C(C)=C\COP(=O)(O)OP(=O)(O)O. The maximum Gasteiger partial charge on any atom is 0.481 e. The van der Waals surface area contributed by atoms with E-state index in [4.69, 9.17) is 9.79 Å². The summed E-state index contributed by atoms with van der Waals surface area (Å²) in [5.74, 6) is 0. The Kier molecular flexibility index (Phi) is 35.0. The van der Waals surface area contributed by atoms with Crippen LogP contribution >= 0.6 is 15.6 Å². The van der Waals surface area contributed by atoms with E-state index < -0.39 is 15.6 Å². The van der Waals surface area contributed by atoms with Gasteiger partial charge in [-0.25, -0.2) is 9.13 Å². The van der Waals surface area contributed by atoms with E-state index in [9.17, 15) is 14.0 Å². The molecular formula is C55H92O7P2. The molecule has 0 saturated heterocycles. The maximum absolute atomic E-state index is 11.5. The van der Waals surface area contributed by atoms with Crippen LogP contribution in [0.4, 0.5) is 0 Å². The van der Waals surface area contributed by atoms with Gasteiger partial charge in [0.2, 0.25) is 0 Å². The normalized spacial score (nSPS) is 15.9. The first-order valence-electron chi connectivity index (χ1n) is 24.0. The number of phosphoric ester groups is 1. The average Bonchev–Trinajstić information content (AvgIpc) is 3.16. The molecular weight excluding hydrogens is 835 g/mol. The molecule has 0 fully saturated rings. The third-order valence-electron chi connectivity index (χ3n) is 11.3. The summed E-state index contributed by atoms with van der Waals surface area (Å²) in [5, 5.41) is 0. The molecule has 0 spiro atoms. The first-order chi connectivity index (χ1) is 30.1. The van der Waals surface area contributed by atoms with E-state index in [1.165, 1.54) is 68.6 Å². The van der Waals surface area contributed by atoms with E-state index in [1.54, 1.807) is 6.08 Å². The highest BCUT2D eigenvalue weighted by Crippen LogP contribution is 2.57. The lowest BCUT2D eigenvalue weighted by atomic mass is 10.0. The summed E-state index contributed by atoms with van der Waals surface area (Å²) >= 11 is 0. The molecule has 0 bridgehead atoms. The van der Waals surface area contributed by atoms with Crippen LogP contribution in [0.5, 0.6) is 0 Å². The number of hydrogen-bond acceptors (Lipinski definition) is 4. The van der Waals surface area contributed by atoms with Gasteiger partial charge < -0.3 is 14.7 Å². The summed E-state index contributed by atoms with van der Waals surface area (Å²) < 4.78 is 30.6. The molecule has 0 aliphatic heterocycles. The van der Waals surface area contributed by atoms with Crippen molar-refractivity contribution in [3.05, 3.63) is 128 Å². The molecule has 0 aromatic carbocycles. The molecule has 364 valence electrons. The summed E-state index contributed by atoms with van der Waals surface area (Å²) in [6.45, 7) is 26.2. The van der Waals surface area contributed by atoms with Crippen LogP contribution in [0.2, 0.25) is 0 Å². The van der Waals surface area contributed by atoms with Crippen LogP contribution in [0.3, 0.4) is 0 Å². The first-order valence-corrected chi connectivity index (χ1v) is 27.0. The van der Waals surface area contributed by atoms with Crippen molar-refractivity contribution in [3.8, 4) is 0 Å². The number of rotatable bonds is 35. The molecule has 0 radical (unpaired) electrons. The second kappa shape index (κ2) is 36.5. The van der Waals surface area contributed by atoms with Crippen molar-refractivity contribution < 1.29 is 32.6 Å². The Labute approximate surface area is 393 Å². The Hall–Kier alpha value is -2.60. The zero-order valence-electron chi connectivity index (χ0n) is 42.6. The third kappa shape index (κ3) is 40.9. The Bertz CT molecular complexity index is 1800. The van der Waals surface area contributed by atoms with E-state index in [0.29, 0.717) is 0 Å². The minimum absolute atomic E-state index is 0.274. The molecule has 1 unspecified atom stereocenters. The first kappa shape index (κ1) is 61.4. The zero-order valence-corrected chi connectivity index (χ0v) is 44.4. The minimum Gasteiger partial charge on any atom is -0.302 e. The van der Waals surface area contributed by atoms with Gasteiger partial charge in [0.15, 0.2) is 0 Å². The fourth-order valence-corrected chi connectivity index (χ4v) is 8.48. The highest BCUT2D eigenvalue weighted by atomic mass is 31.3. The fourth-order valence-electron chi connectivity index (χ4n) is 6.96. The molecule has 0 aromatic rings. The lowest BCUT2D eigenvalue weighted by molar-refractivity contribution is 0.191. The molecule has 0 saturated carbocycles. The lowest BCUT2D eigenvalue weighted by Gasteiger charge is -2.11. The second-order valence-electron chi connectivity index (χ2n) is 18.5. The van der Waals surface area contributed by atoms with Crippen LogP contribution in [-0.2, 0) is 18.0 Å². The van der Waals surface area contributed by atoms with Gasteiger partial charge in [0.1, 0.15) is 0 Å². The molecule has 0 aromatic heterocycles. The maximum atomic E-state index is 11.5. The highest BCUT2D eigenvalue weighted by Gasteiger charge is 2.31. The molecule has 7 nitrogen and oxygen atoms in total. The molecule has 0 amide bonds. The topological polar surface area (TPSA) is 113 Å². The van der Waals surface area contributed by atoms with Crippen LogP contribution in [0.15, 0.2) is 128 Å². The smallest absolute Gasteiger partial charge is 0.302 e. The van der Waals surface area contributed by atoms with Crippen LogP contribution in [-0.4, -0.2) is 21.3 Å². The van der Waals surface area contributed by atoms with E-state index in [0.717, 1.165) is 121 Å². The highest BCUT2D eigenvalue weighted by molar-refractivity contribution is 7.60. The third-order valence-corrected chi connectivity index (χ3v) is 13.4. The van der Waals surface area contributed by atoms with Crippen molar-refractivity contribution in [3.63, 3.8) is 0 Å². The molecule has 0 heterocycles. The molecule has 3 N–H and O–H groups in total.